The van der Waals surface area contributed by atoms with E-state index in [1.54, 1.807) is 6.07 Å². The minimum absolute atomic E-state index is 0.128. The fourth-order valence-corrected chi connectivity index (χ4v) is 2.28. The third-order valence-electron chi connectivity index (χ3n) is 3.49. The number of carbonyl (C=O) groups excluding carboxylic acids is 1. The second-order valence-corrected chi connectivity index (χ2v) is 6.01. The SMILES string of the molecule is CCCNc1cc(C(=O)NC(C)CC(C)CC)c(Cl)cn1. The molecule has 5 heteroatoms. The molecule has 0 aliphatic rings. The molecule has 1 heterocycles. The van der Waals surface area contributed by atoms with Gasteiger partial charge in [0.15, 0.2) is 0 Å². The maximum atomic E-state index is 12.3. The zero-order valence-corrected chi connectivity index (χ0v) is 14.1. The van der Waals surface area contributed by atoms with Gasteiger partial charge in [0, 0.05) is 18.8 Å². The number of halogens is 1. The largest absolute Gasteiger partial charge is 0.370 e. The number of amides is 1. The van der Waals surface area contributed by atoms with Crippen molar-refractivity contribution in [2.24, 2.45) is 5.92 Å². The molecule has 21 heavy (non-hydrogen) atoms. The lowest BCUT2D eigenvalue weighted by Gasteiger charge is -2.18. The number of carbonyl (C=O) groups is 1. The third kappa shape index (κ3) is 5.92. The van der Waals surface area contributed by atoms with E-state index in [2.05, 4.69) is 36.4 Å². The van der Waals surface area contributed by atoms with E-state index in [0.717, 1.165) is 25.8 Å². The molecular formula is C16H26ClN3O. The fraction of sp³-hybridized carbons (Fsp3) is 0.625. The van der Waals surface area contributed by atoms with Gasteiger partial charge in [0.1, 0.15) is 5.82 Å². The topological polar surface area (TPSA) is 54.0 Å². The lowest BCUT2D eigenvalue weighted by Crippen LogP contribution is -2.34. The van der Waals surface area contributed by atoms with E-state index in [1.165, 1.54) is 6.20 Å². The van der Waals surface area contributed by atoms with Crippen molar-refractivity contribution in [1.82, 2.24) is 10.3 Å². The Morgan fingerprint density at radius 3 is 2.71 bits per heavy atom. The van der Waals surface area contributed by atoms with Crippen molar-refractivity contribution in [3.05, 3.63) is 22.8 Å². The molecule has 1 amide bonds. The van der Waals surface area contributed by atoms with Gasteiger partial charge in [-0.05, 0) is 31.7 Å². The Morgan fingerprint density at radius 2 is 2.10 bits per heavy atom. The average molecular weight is 312 g/mol. The van der Waals surface area contributed by atoms with E-state index in [0.29, 0.717) is 22.3 Å². The van der Waals surface area contributed by atoms with Crippen LogP contribution in [-0.4, -0.2) is 23.5 Å². The van der Waals surface area contributed by atoms with Crippen LogP contribution in [0.15, 0.2) is 12.3 Å². The summed E-state index contributed by atoms with van der Waals surface area (Å²) < 4.78 is 0. The minimum Gasteiger partial charge on any atom is -0.370 e. The number of hydrogen-bond acceptors (Lipinski definition) is 3. The predicted octanol–water partition coefficient (Wildman–Crippen LogP) is 4.11. The first-order valence-corrected chi connectivity index (χ1v) is 8.05. The highest BCUT2D eigenvalue weighted by Crippen LogP contribution is 2.19. The van der Waals surface area contributed by atoms with E-state index in [4.69, 9.17) is 11.6 Å². The molecule has 2 unspecified atom stereocenters. The molecule has 0 aliphatic heterocycles. The molecule has 0 radical (unpaired) electrons. The number of nitrogens with one attached hydrogen (secondary N) is 2. The van der Waals surface area contributed by atoms with Crippen LogP contribution >= 0.6 is 11.6 Å². The first kappa shape index (κ1) is 17.8. The summed E-state index contributed by atoms with van der Waals surface area (Å²) in [5.41, 5.74) is 0.473. The molecule has 0 saturated heterocycles. The van der Waals surface area contributed by atoms with Crippen molar-refractivity contribution in [2.45, 2.75) is 53.0 Å². The van der Waals surface area contributed by atoms with Gasteiger partial charge in [0.25, 0.3) is 5.91 Å². The quantitative estimate of drug-likeness (QED) is 0.759. The van der Waals surface area contributed by atoms with Crippen molar-refractivity contribution >= 4 is 23.3 Å². The number of anilines is 1. The van der Waals surface area contributed by atoms with Gasteiger partial charge in [-0.1, -0.05) is 38.8 Å². The van der Waals surface area contributed by atoms with Gasteiger partial charge in [-0.25, -0.2) is 4.98 Å². The molecule has 2 atom stereocenters. The van der Waals surface area contributed by atoms with Gasteiger partial charge < -0.3 is 10.6 Å². The number of aromatic nitrogens is 1. The second kappa shape index (κ2) is 8.88. The van der Waals surface area contributed by atoms with Gasteiger partial charge in [0.05, 0.1) is 10.6 Å². The average Bonchev–Trinajstić information content (AvgIpc) is 2.45. The van der Waals surface area contributed by atoms with E-state index in [1.807, 2.05) is 6.92 Å². The van der Waals surface area contributed by atoms with Crippen LogP contribution in [0.1, 0.15) is 57.3 Å². The normalized spacial score (nSPS) is 13.6. The molecule has 118 valence electrons. The van der Waals surface area contributed by atoms with Gasteiger partial charge >= 0.3 is 0 Å². The molecule has 0 aromatic carbocycles. The standard InChI is InChI=1S/C16H26ClN3O/c1-5-7-18-15-9-13(14(17)10-19-15)16(21)20-12(4)8-11(3)6-2/h9-12H,5-8H2,1-4H3,(H,18,19)(H,20,21). The minimum atomic E-state index is -0.141. The Bertz CT molecular complexity index is 465. The van der Waals surface area contributed by atoms with Crippen molar-refractivity contribution in [1.29, 1.82) is 0 Å². The lowest BCUT2D eigenvalue weighted by molar-refractivity contribution is 0.0935. The highest BCUT2D eigenvalue weighted by molar-refractivity contribution is 6.33. The number of hydrogen-bond donors (Lipinski definition) is 2. The van der Waals surface area contributed by atoms with Gasteiger partial charge in [0.2, 0.25) is 0 Å². The molecule has 0 saturated carbocycles. The van der Waals surface area contributed by atoms with Crippen molar-refractivity contribution in [3.63, 3.8) is 0 Å². The van der Waals surface area contributed by atoms with Crippen molar-refractivity contribution < 1.29 is 4.79 Å². The van der Waals surface area contributed by atoms with Crippen LogP contribution in [0.3, 0.4) is 0 Å². The van der Waals surface area contributed by atoms with Gasteiger partial charge in [-0.3, -0.25) is 4.79 Å². The van der Waals surface area contributed by atoms with E-state index >= 15 is 0 Å². The molecular weight excluding hydrogens is 286 g/mol. The molecule has 0 spiro atoms. The molecule has 0 fully saturated rings. The Labute approximate surface area is 132 Å². The van der Waals surface area contributed by atoms with Crippen LogP contribution in [0.2, 0.25) is 5.02 Å². The Kier molecular flexibility index (Phi) is 7.51. The predicted molar refractivity (Wildman–Crippen MR) is 89.0 cm³/mol. The maximum absolute atomic E-state index is 12.3. The lowest BCUT2D eigenvalue weighted by atomic mass is 10.0. The third-order valence-corrected chi connectivity index (χ3v) is 3.79. The van der Waals surface area contributed by atoms with Crippen molar-refractivity contribution in [3.8, 4) is 0 Å². The van der Waals surface area contributed by atoms with E-state index < -0.39 is 0 Å². The smallest absolute Gasteiger partial charge is 0.253 e. The molecule has 0 aliphatic carbocycles. The highest BCUT2D eigenvalue weighted by Gasteiger charge is 2.15. The number of rotatable bonds is 8. The van der Waals surface area contributed by atoms with Crippen LogP contribution in [-0.2, 0) is 0 Å². The molecule has 1 aromatic rings. The van der Waals surface area contributed by atoms with Gasteiger partial charge in [-0.15, -0.1) is 0 Å². The summed E-state index contributed by atoms with van der Waals surface area (Å²) >= 11 is 6.09. The van der Waals surface area contributed by atoms with Crippen LogP contribution < -0.4 is 10.6 Å². The molecule has 0 bridgehead atoms. The first-order chi connectivity index (χ1) is 9.97. The van der Waals surface area contributed by atoms with Gasteiger partial charge in [-0.2, -0.15) is 0 Å². The summed E-state index contributed by atoms with van der Waals surface area (Å²) in [6.45, 7) is 9.27. The summed E-state index contributed by atoms with van der Waals surface area (Å²) in [5, 5.41) is 6.55. The second-order valence-electron chi connectivity index (χ2n) is 5.60. The van der Waals surface area contributed by atoms with Crippen LogP contribution in [0.5, 0.6) is 0 Å². The van der Waals surface area contributed by atoms with Crippen molar-refractivity contribution in [2.75, 3.05) is 11.9 Å². The Balaban J connectivity index is 2.72. The Morgan fingerprint density at radius 1 is 1.38 bits per heavy atom. The highest BCUT2D eigenvalue weighted by atomic mass is 35.5. The monoisotopic (exact) mass is 311 g/mol. The van der Waals surface area contributed by atoms with Crippen LogP contribution in [0, 0.1) is 5.92 Å². The fourth-order valence-electron chi connectivity index (χ4n) is 2.09. The first-order valence-electron chi connectivity index (χ1n) is 7.68. The zero-order chi connectivity index (χ0) is 15.8. The summed E-state index contributed by atoms with van der Waals surface area (Å²) in [6.07, 6.45) is 4.60. The maximum Gasteiger partial charge on any atom is 0.253 e. The summed E-state index contributed by atoms with van der Waals surface area (Å²) in [7, 11) is 0. The van der Waals surface area contributed by atoms with Crippen LogP contribution in [0.25, 0.3) is 0 Å². The van der Waals surface area contributed by atoms with E-state index in [9.17, 15) is 4.79 Å². The number of nitrogens with zero attached hydrogens (tertiary/aromatic N) is 1. The zero-order valence-electron chi connectivity index (χ0n) is 13.4. The molecule has 1 aromatic heterocycles. The summed E-state index contributed by atoms with van der Waals surface area (Å²) in [6, 6.07) is 1.84. The van der Waals surface area contributed by atoms with Crippen LogP contribution in [0.4, 0.5) is 5.82 Å². The Hall–Kier alpha value is -1.29. The van der Waals surface area contributed by atoms with E-state index in [-0.39, 0.29) is 11.9 Å². The summed E-state index contributed by atoms with van der Waals surface area (Å²) in [5.74, 6) is 1.13. The molecule has 4 nitrogen and oxygen atoms in total. The summed E-state index contributed by atoms with van der Waals surface area (Å²) in [4.78, 5) is 16.5. The molecule has 2 N–H and O–H groups in total. The molecule has 1 rings (SSSR count). The number of pyridine rings is 1.